The lowest BCUT2D eigenvalue weighted by Gasteiger charge is -2.14. The van der Waals surface area contributed by atoms with Gasteiger partial charge in [0.25, 0.3) is 5.91 Å². The van der Waals surface area contributed by atoms with Gasteiger partial charge in [-0.3, -0.25) is 4.79 Å². The van der Waals surface area contributed by atoms with Gasteiger partial charge in [-0.1, -0.05) is 19.1 Å². The molecule has 0 heterocycles. The number of hydrazone groups is 1. The van der Waals surface area contributed by atoms with E-state index in [9.17, 15) is 9.18 Å². The predicted molar refractivity (Wildman–Crippen MR) is 140 cm³/mol. The van der Waals surface area contributed by atoms with Gasteiger partial charge in [0.05, 0.1) is 31.0 Å². The van der Waals surface area contributed by atoms with Gasteiger partial charge in [0, 0.05) is 5.56 Å². The third kappa shape index (κ3) is 7.45. The molecule has 7 nitrogen and oxygen atoms in total. The second-order valence-electron chi connectivity index (χ2n) is 7.59. The molecule has 0 saturated carbocycles. The molecule has 0 unspecified atom stereocenters. The molecule has 0 saturated heterocycles. The Labute approximate surface area is 218 Å². The highest BCUT2D eigenvalue weighted by molar-refractivity contribution is 9.10. The zero-order chi connectivity index (χ0) is 25.9. The highest BCUT2D eigenvalue weighted by atomic mass is 79.9. The normalized spacial score (nSPS) is 10.8. The van der Waals surface area contributed by atoms with Crippen LogP contribution in [-0.4, -0.2) is 32.4 Å². The minimum Gasteiger partial charge on any atom is -0.493 e. The second kappa shape index (κ2) is 13.5. The van der Waals surface area contributed by atoms with Crippen molar-refractivity contribution in [3.8, 4) is 23.0 Å². The summed E-state index contributed by atoms with van der Waals surface area (Å²) in [4.78, 5) is 12.6. The van der Waals surface area contributed by atoms with Gasteiger partial charge in [-0.05, 0) is 82.9 Å². The van der Waals surface area contributed by atoms with E-state index in [1.807, 2.05) is 13.8 Å². The summed E-state index contributed by atoms with van der Waals surface area (Å²) in [5.41, 5.74) is 4.40. The molecule has 36 heavy (non-hydrogen) atoms. The van der Waals surface area contributed by atoms with E-state index in [1.54, 1.807) is 42.5 Å². The SMILES string of the molecule is CCCOc1ccc(C(=O)N/N=C/c2cc(Br)c(OCc3ccc(F)cc3)c(OCC)c2)cc1OC. The zero-order valence-electron chi connectivity index (χ0n) is 20.3. The fraction of sp³-hybridized carbons (Fsp3) is 0.259. The maximum atomic E-state index is 13.1. The Morgan fingerprint density at radius 3 is 2.47 bits per heavy atom. The second-order valence-corrected chi connectivity index (χ2v) is 8.45. The lowest BCUT2D eigenvalue weighted by molar-refractivity contribution is 0.0954. The number of nitrogens with zero attached hydrogens (tertiary/aromatic N) is 1. The average molecular weight is 559 g/mol. The Hall–Kier alpha value is -3.59. The predicted octanol–water partition coefficient (Wildman–Crippen LogP) is 6.13. The fourth-order valence-electron chi connectivity index (χ4n) is 3.17. The van der Waals surface area contributed by atoms with E-state index in [0.29, 0.717) is 51.8 Å². The molecule has 0 atom stereocenters. The van der Waals surface area contributed by atoms with E-state index in [1.165, 1.54) is 25.5 Å². The number of hydrogen-bond acceptors (Lipinski definition) is 6. The summed E-state index contributed by atoms with van der Waals surface area (Å²) in [6.45, 7) is 5.11. The van der Waals surface area contributed by atoms with Gasteiger partial charge in [0.2, 0.25) is 0 Å². The van der Waals surface area contributed by atoms with E-state index in [-0.39, 0.29) is 12.4 Å². The van der Waals surface area contributed by atoms with Crippen LogP contribution in [0.1, 0.15) is 41.8 Å². The van der Waals surface area contributed by atoms with Crippen LogP contribution in [-0.2, 0) is 6.61 Å². The maximum Gasteiger partial charge on any atom is 0.271 e. The number of carbonyl (C=O) groups is 1. The van der Waals surface area contributed by atoms with E-state index in [2.05, 4.69) is 26.5 Å². The molecule has 3 aromatic rings. The number of halogens is 2. The highest BCUT2D eigenvalue weighted by Crippen LogP contribution is 2.37. The van der Waals surface area contributed by atoms with Crippen molar-refractivity contribution in [2.24, 2.45) is 5.10 Å². The van der Waals surface area contributed by atoms with Crippen LogP contribution < -0.4 is 24.4 Å². The fourth-order valence-corrected chi connectivity index (χ4v) is 3.75. The van der Waals surface area contributed by atoms with Crippen molar-refractivity contribution in [3.05, 3.63) is 81.6 Å². The van der Waals surface area contributed by atoms with Crippen molar-refractivity contribution in [2.45, 2.75) is 26.9 Å². The summed E-state index contributed by atoms with van der Waals surface area (Å²) in [6.07, 6.45) is 2.37. The highest BCUT2D eigenvalue weighted by Gasteiger charge is 2.13. The molecule has 0 bridgehead atoms. The van der Waals surface area contributed by atoms with Gasteiger partial charge in [-0.25, -0.2) is 9.82 Å². The molecule has 0 aliphatic heterocycles. The number of nitrogens with one attached hydrogen (secondary N) is 1. The van der Waals surface area contributed by atoms with Crippen LogP contribution in [0, 0.1) is 5.82 Å². The van der Waals surface area contributed by atoms with Gasteiger partial charge in [-0.15, -0.1) is 0 Å². The molecular formula is C27H28BrFN2O5. The quantitative estimate of drug-likeness (QED) is 0.214. The van der Waals surface area contributed by atoms with Crippen LogP contribution >= 0.6 is 15.9 Å². The van der Waals surface area contributed by atoms with E-state index < -0.39 is 5.91 Å². The van der Waals surface area contributed by atoms with Gasteiger partial charge in [0.1, 0.15) is 12.4 Å². The van der Waals surface area contributed by atoms with Gasteiger partial charge < -0.3 is 18.9 Å². The van der Waals surface area contributed by atoms with Crippen molar-refractivity contribution < 1.29 is 28.1 Å². The molecule has 0 aromatic heterocycles. The molecule has 1 N–H and O–H groups in total. The molecule has 0 spiro atoms. The first-order chi connectivity index (χ1) is 17.4. The Kier molecular flexibility index (Phi) is 10.1. The van der Waals surface area contributed by atoms with Crippen molar-refractivity contribution in [3.63, 3.8) is 0 Å². The molecule has 3 aromatic carbocycles. The molecule has 190 valence electrons. The Morgan fingerprint density at radius 1 is 1.00 bits per heavy atom. The lowest BCUT2D eigenvalue weighted by atomic mass is 10.2. The van der Waals surface area contributed by atoms with E-state index in [4.69, 9.17) is 18.9 Å². The van der Waals surface area contributed by atoms with E-state index in [0.717, 1.165) is 12.0 Å². The van der Waals surface area contributed by atoms with Crippen LogP contribution in [0.2, 0.25) is 0 Å². The Bertz CT molecular complexity index is 1200. The van der Waals surface area contributed by atoms with Crippen molar-refractivity contribution in [1.82, 2.24) is 5.43 Å². The zero-order valence-corrected chi connectivity index (χ0v) is 21.9. The molecule has 0 radical (unpaired) electrons. The molecule has 0 fully saturated rings. The third-order valence-corrected chi connectivity index (χ3v) is 5.48. The number of carbonyl (C=O) groups excluding carboxylic acids is 1. The number of hydrogen-bond donors (Lipinski definition) is 1. The van der Waals surface area contributed by atoms with Crippen molar-refractivity contribution in [2.75, 3.05) is 20.3 Å². The number of ether oxygens (including phenoxy) is 4. The summed E-state index contributed by atoms with van der Waals surface area (Å²) in [7, 11) is 1.52. The molecule has 9 heteroatoms. The number of benzene rings is 3. The summed E-state index contributed by atoms with van der Waals surface area (Å²) in [5.74, 6) is 1.38. The minimum absolute atomic E-state index is 0.244. The molecule has 0 aliphatic rings. The largest absolute Gasteiger partial charge is 0.493 e. The number of amides is 1. The third-order valence-electron chi connectivity index (χ3n) is 4.90. The van der Waals surface area contributed by atoms with Crippen LogP contribution in [0.25, 0.3) is 0 Å². The van der Waals surface area contributed by atoms with E-state index >= 15 is 0 Å². The summed E-state index contributed by atoms with van der Waals surface area (Å²) >= 11 is 3.51. The van der Waals surface area contributed by atoms with Gasteiger partial charge in [0.15, 0.2) is 23.0 Å². The summed E-state index contributed by atoms with van der Waals surface area (Å²) in [5, 5.41) is 4.07. The van der Waals surface area contributed by atoms with Crippen molar-refractivity contribution >= 4 is 28.1 Å². The molecule has 0 aliphatic carbocycles. The summed E-state index contributed by atoms with van der Waals surface area (Å²) in [6, 6.07) is 14.6. The monoisotopic (exact) mass is 558 g/mol. The standard InChI is InChI=1S/C27H28BrFN2O5/c1-4-12-35-23-11-8-20(15-24(23)33-3)27(32)31-30-16-19-13-22(28)26(25(14-19)34-5-2)36-17-18-6-9-21(29)10-7-18/h6-11,13-16H,4-5,12,17H2,1-3H3,(H,31,32)/b30-16+. The minimum atomic E-state index is -0.394. The Morgan fingerprint density at radius 2 is 1.78 bits per heavy atom. The van der Waals surface area contributed by atoms with Gasteiger partial charge in [-0.2, -0.15) is 5.10 Å². The number of methoxy groups -OCH3 is 1. The van der Waals surface area contributed by atoms with Crippen LogP contribution in [0.15, 0.2) is 64.2 Å². The van der Waals surface area contributed by atoms with Crippen LogP contribution in [0.5, 0.6) is 23.0 Å². The smallest absolute Gasteiger partial charge is 0.271 e. The van der Waals surface area contributed by atoms with Crippen LogP contribution in [0.3, 0.4) is 0 Å². The number of rotatable bonds is 12. The van der Waals surface area contributed by atoms with Gasteiger partial charge >= 0.3 is 0 Å². The lowest BCUT2D eigenvalue weighted by Crippen LogP contribution is -2.17. The van der Waals surface area contributed by atoms with Crippen molar-refractivity contribution in [1.29, 1.82) is 0 Å². The molecule has 3 rings (SSSR count). The molecular weight excluding hydrogens is 531 g/mol. The maximum absolute atomic E-state index is 13.1. The first-order valence-corrected chi connectivity index (χ1v) is 12.2. The summed E-state index contributed by atoms with van der Waals surface area (Å²) < 4.78 is 36.4. The average Bonchev–Trinajstić information content (AvgIpc) is 2.88. The topological polar surface area (TPSA) is 78.4 Å². The van der Waals surface area contributed by atoms with Crippen LogP contribution in [0.4, 0.5) is 4.39 Å². The first-order valence-electron chi connectivity index (χ1n) is 11.4. The first kappa shape index (κ1) is 27.0. The Balaban J connectivity index is 1.69. The molecule has 1 amide bonds.